The first kappa shape index (κ1) is 14.6. The van der Waals surface area contributed by atoms with E-state index in [9.17, 15) is 4.79 Å². The third-order valence-electron chi connectivity index (χ3n) is 3.20. The van der Waals surface area contributed by atoms with E-state index in [0.717, 1.165) is 25.9 Å². The number of ether oxygens (including phenoxy) is 1. The van der Waals surface area contributed by atoms with E-state index in [0.29, 0.717) is 15.4 Å². The number of nitriles is 1. The fourth-order valence-corrected chi connectivity index (χ4v) is 3.17. The van der Waals surface area contributed by atoms with Crippen LogP contribution in [0.15, 0.2) is 0 Å². The first-order chi connectivity index (χ1) is 9.67. The van der Waals surface area contributed by atoms with Crippen molar-refractivity contribution in [1.29, 1.82) is 5.26 Å². The van der Waals surface area contributed by atoms with E-state index >= 15 is 0 Å². The van der Waals surface area contributed by atoms with Crippen molar-refractivity contribution in [1.82, 2.24) is 5.32 Å². The van der Waals surface area contributed by atoms with E-state index in [4.69, 9.17) is 15.7 Å². The van der Waals surface area contributed by atoms with E-state index < -0.39 is 5.97 Å². The molecule has 0 amide bonds. The minimum atomic E-state index is -0.473. The molecule has 7 heteroatoms. The Bertz CT molecular complexity index is 529. The van der Waals surface area contributed by atoms with Crippen molar-refractivity contribution in [3.05, 3.63) is 10.4 Å². The van der Waals surface area contributed by atoms with Crippen molar-refractivity contribution in [2.45, 2.75) is 25.8 Å². The highest BCUT2D eigenvalue weighted by Gasteiger charge is 2.25. The zero-order valence-electron chi connectivity index (χ0n) is 11.4. The predicted octanol–water partition coefficient (Wildman–Crippen LogP) is 1.54. The highest BCUT2D eigenvalue weighted by Crippen LogP contribution is 2.36. The van der Waals surface area contributed by atoms with Crippen LogP contribution in [0, 0.1) is 11.3 Å². The van der Waals surface area contributed by atoms with E-state index in [2.05, 4.69) is 10.6 Å². The molecule has 2 heterocycles. The summed E-state index contributed by atoms with van der Waals surface area (Å²) < 4.78 is 5.02. The van der Waals surface area contributed by atoms with Gasteiger partial charge in [-0.3, -0.25) is 0 Å². The van der Waals surface area contributed by atoms with E-state index in [1.165, 1.54) is 11.3 Å². The Morgan fingerprint density at radius 3 is 2.90 bits per heavy atom. The van der Waals surface area contributed by atoms with Gasteiger partial charge in [-0.05, 0) is 32.9 Å². The number of nitrogens with zero attached hydrogens (tertiary/aromatic N) is 1. The highest BCUT2D eigenvalue weighted by atomic mass is 32.1. The second-order valence-corrected chi connectivity index (χ2v) is 5.57. The van der Waals surface area contributed by atoms with Crippen LogP contribution in [0.2, 0.25) is 0 Å². The van der Waals surface area contributed by atoms with Crippen LogP contribution in [0.25, 0.3) is 0 Å². The van der Waals surface area contributed by atoms with Crippen LogP contribution >= 0.6 is 11.3 Å². The Kier molecular flexibility index (Phi) is 4.82. The molecule has 1 aliphatic heterocycles. The summed E-state index contributed by atoms with van der Waals surface area (Å²) in [6.07, 6.45) is 1.95. The maximum atomic E-state index is 12.0. The van der Waals surface area contributed by atoms with E-state index in [1.807, 2.05) is 6.07 Å². The molecule has 0 bridgehead atoms. The van der Waals surface area contributed by atoms with Gasteiger partial charge in [0.05, 0.1) is 12.3 Å². The quantitative estimate of drug-likeness (QED) is 0.728. The zero-order chi connectivity index (χ0) is 14.5. The van der Waals surface area contributed by atoms with Crippen LogP contribution in [0.3, 0.4) is 0 Å². The van der Waals surface area contributed by atoms with Crippen molar-refractivity contribution in [2.75, 3.05) is 30.7 Å². The summed E-state index contributed by atoms with van der Waals surface area (Å²) in [6, 6.07) is 2.31. The first-order valence-electron chi connectivity index (χ1n) is 6.64. The molecule has 1 saturated heterocycles. The summed E-state index contributed by atoms with van der Waals surface area (Å²) in [5.74, 6) is -0.473. The van der Waals surface area contributed by atoms with Crippen LogP contribution in [-0.4, -0.2) is 31.7 Å². The molecule has 0 spiro atoms. The predicted molar refractivity (Wildman–Crippen MR) is 78.9 cm³/mol. The Morgan fingerprint density at radius 2 is 2.30 bits per heavy atom. The summed E-state index contributed by atoms with van der Waals surface area (Å²) in [5, 5.41) is 16.3. The van der Waals surface area contributed by atoms with Crippen LogP contribution in [0.1, 0.15) is 35.0 Å². The highest BCUT2D eigenvalue weighted by molar-refractivity contribution is 7.17. The molecule has 0 aromatic carbocycles. The SMILES string of the molecule is CCOC(=O)c1c(NC2CCNCC2)sc(C#N)c1N. The van der Waals surface area contributed by atoms with Crippen molar-refractivity contribution in [2.24, 2.45) is 0 Å². The smallest absolute Gasteiger partial charge is 0.343 e. The number of esters is 1. The van der Waals surface area contributed by atoms with Gasteiger partial charge in [0.25, 0.3) is 0 Å². The standard InChI is InChI=1S/C13H18N4O2S/c1-2-19-13(18)10-11(15)9(7-14)20-12(10)17-8-3-5-16-6-4-8/h8,16-17H,2-6,15H2,1H3. The van der Waals surface area contributed by atoms with Crippen LogP contribution in [-0.2, 0) is 4.74 Å². The fourth-order valence-electron chi connectivity index (χ4n) is 2.19. The molecule has 0 unspecified atom stereocenters. The molecule has 4 N–H and O–H groups in total. The molecule has 2 rings (SSSR count). The van der Waals surface area contributed by atoms with Gasteiger partial charge in [-0.25, -0.2) is 4.79 Å². The Balaban J connectivity index is 2.26. The minimum absolute atomic E-state index is 0.215. The lowest BCUT2D eigenvalue weighted by Gasteiger charge is -2.24. The van der Waals surface area contributed by atoms with E-state index in [-0.39, 0.29) is 18.3 Å². The number of nitrogens with two attached hydrogens (primary N) is 1. The summed E-state index contributed by atoms with van der Waals surface area (Å²) in [5.41, 5.74) is 6.40. The Hall–Kier alpha value is -1.78. The van der Waals surface area contributed by atoms with Gasteiger partial charge in [-0.1, -0.05) is 0 Å². The fraction of sp³-hybridized carbons (Fsp3) is 0.538. The molecule has 20 heavy (non-hydrogen) atoms. The number of anilines is 2. The molecule has 1 aromatic heterocycles. The molecular formula is C13H18N4O2S. The third-order valence-corrected chi connectivity index (χ3v) is 4.24. The zero-order valence-corrected chi connectivity index (χ0v) is 12.2. The van der Waals surface area contributed by atoms with Gasteiger partial charge in [-0.15, -0.1) is 11.3 Å². The van der Waals surface area contributed by atoms with Gasteiger partial charge in [0.15, 0.2) is 0 Å². The largest absolute Gasteiger partial charge is 0.462 e. The van der Waals surface area contributed by atoms with Crippen LogP contribution in [0.4, 0.5) is 10.7 Å². The number of carbonyl (C=O) groups excluding carboxylic acids is 1. The average molecular weight is 294 g/mol. The number of nitrogens with one attached hydrogen (secondary N) is 2. The number of hydrogen-bond donors (Lipinski definition) is 3. The van der Waals surface area contributed by atoms with Crippen molar-refractivity contribution < 1.29 is 9.53 Å². The number of hydrogen-bond acceptors (Lipinski definition) is 7. The topological polar surface area (TPSA) is 100 Å². The van der Waals surface area contributed by atoms with Crippen molar-refractivity contribution >= 4 is 28.0 Å². The lowest BCUT2D eigenvalue weighted by atomic mass is 10.1. The second kappa shape index (κ2) is 6.59. The molecule has 1 aliphatic rings. The average Bonchev–Trinajstić information content (AvgIpc) is 2.76. The molecule has 0 saturated carbocycles. The molecule has 108 valence electrons. The summed E-state index contributed by atoms with van der Waals surface area (Å²) >= 11 is 1.22. The molecule has 0 aliphatic carbocycles. The van der Waals surface area contributed by atoms with Gasteiger partial charge in [0.2, 0.25) is 0 Å². The number of thiophene rings is 1. The minimum Gasteiger partial charge on any atom is -0.462 e. The lowest BCUT2D eigenvalue weighted by molar-refractivity contribution is 0.0529. The van der Waals surface area contributed by atoms with E-state index in [1.54, 1.807) is 6.92 Å². The van der Waals surface area contributed by atoms with Gasteiger partial charge in [0, 0.05) is 6.04 Å². The second-order valence-electron chi connectivity index (χ2n) is 4.55. The number of nitrogen functional groups attached to an aromatic ring is 1. The summed E-state index contributed by atoms with van der Waals surface area (Å²) in [6.45, 7) is 3.91. The lowest BCUT2D eigenvalue weighted by Crippen LogP contribution is -2.35. The third kappa shape index (κ3) is 3.03. The monoisotopic (exact) mass is 294 g/mol. The van der Waals surface area contributed by atoms with Gasteiger partial charge in [-0.2, -0.15) is 5.26 Å². The molecular weight excluding hydrogens is 276 g/mol. The summed E-state index contributed by atoms with van der Waals surface area (Å²) in [4.78, 5) is 12.4. The molecule has 1 aromatic rings. The Labute approximate surface area is 121 Å². The first-order valence-corrected chi connectivity index (χ1v) is 7.45. The number of piperidine rings is 1. The molecule has 0 radical (unpaired) electrons. The van der Waals surface area contributed by atoms with Crippen LogP contribution in [0.5, 0.6) is 0 Å². The van der Waals surface area contributed by atoms with Gasteiger partial charge < -0.3 is 21.1 Å². The number of rotatable bonds is 4. The maximum Gasteiger partial charge on any atom is 0.343 e. The maximum absolute atomic E-state index is 12.0. The number of carbonyl (C=O) groups is 1. The van der Waals surface area contributed by atoms with Crippen LogP contribution < -0.4 is 16.4 Å². The Morgan fingerprint density at radius 1 is 1.60 bits per heavy atom. The summed E-state index contributed by atoms with van der Waals surface area (Å²) in [7, 11) is 0. The molecule has 0 atom stereocenters. The molecule has 1 fully saturated rings. The van der Waals surface area contributed by atoms with Gasteiger partial charge in [0.1, 0.15) is 21.5 Å². The van der Waals surface area contributed by atoms with Crippen molar-refractivity contribution in [3.8, 4) is 6.07 Å². The molecule has 6 nitrogen and oxygen atoms in total. The normalized spacial score (nSPS) is 15.6. The van der Waals surface area contributed by atoms with Gasteiger partial charge >= 0.3 is 5.97 Å². The van der Waals surface area contributed by atoms with Crippen molar-refractivity contribution in [3.63, 3.8) is 0 Å².